The number of nitrogens with zero attached hydrogens (tertiary/aromatic N) is 6. The first-order valence-corrected chi connectivity index (χ1v) is 13.6. The van der Waals surface area contributed by atoms with E-state index in [0.29, 0.717) is 33.8 Å². The van der Waals surface area contributed by atoms with Crippen molar-refractivity contribution in [2.75, 3.05) is 5.32 Å². The van der Waals surface area contributed by atoms with E-state index in [1.165, 1.54) is 6.33 Å². The SMILES string of the molecule is O=C(O)Nc1ccc(-c2nc(C(Cc3ccccc3)c3ccc(-c4cc(Cl)ccc4-n4cnnn4)cn3)[nH]c2Cl)cc1. The number of tetrazole rings is 1. The maximum Gasteiger partial charge on any atom is 0.409 e. The molecular formula is C30H22Cl2N8O2. The molecule has 3 aromatic carbocycles. The van der Waals surface area contributed by atoms with Gasteiger partial charge in [0, 0.05) is 33.6 Å². The Morgan fingerprint density at radius 2 is 1.76 bits per heavy atom. The van der Waals surface area contributed by atoms with Crippen LogP contribution < -0.4 is 5.32 Å². The van der Waals surface area contributed by atoms with Gasteiger partial charge in [0.2, 0.25) is 0 Å². The van der Waals surface area contributed by atoms with Crippen LogP contribution in [0.2, 0.25) is 10.2 Å². The van der Waals surface area contributed by atoms with Crippen LogP contribution in [0.5, 0.6) is 0 Å². The fourth-order valence-corrected chi connectivity index (χ4v) is 5.15. The van der Waals surface area contributed by atoms with Gasteiger partial charge in [-0.05, 0) is 58.8 Å². The number of nitrogens with one attached hydrogen (secondary N) is 2. The van der Waals surface area contributed by atoms with Gasteiger partial charge in [0.1, 0.15) is 23.0 Å². The third-order valence-electron chi connectivity index (χ3n) is 6.71. The average Bonchev–Trinajstić information content (AvgIpc) is 3.67. The Morgan fingerprint density at radius 1 is 0.976 bits per heavy atom. The van der Waals surface area contributed by atoms with Gasteiger partial charge >= 0.3 is 6.09 Å². The molecule has 10 nitrogen and oxygen atoms in total. The monoisotopic (exact) mass is 596 g/mol. The van der Waals surface area contributed by atoms with Gasteiger partial charge in [-0.3, -0.25) is 10.3 Å². The predicted octanol–water partition coefficient (Wildman–Crippen LogP) is 6.89. The summed E-state index contributed by atoms with van der Waals surface area (Å²) in [5.74, 6) is 0.419. The molecule has 3 heterocycles. The quantitative estimate of drug-likeness (QED) is 0.174. The number of aromatic nitrogens is 7. The molecule has 6 rings (SSSR count). The zero-order chi connectivity index (χ0) is 29.1. The number of aromatic amines is 1. The summed E-state index contributed by atoms with van der Waals surface area (Å²) in [6.45, 7) is 0. The summed E-state index contributed by atoms with van der Waals surface area (Å²) in [7, 11) is 0. The molecule has 3 aromatic heterocycles. The molecule has 1 atom stereocenters. The Balaban J connectivity index is 1.36. The number of imidazole rings is 1. The summed E-state index contributed by atoms with van der Waals surface area (Å²) < 4.78 is 1.58. The molecular weight excluding hydrogens is 575 g/mol. The second kappa shape index (κ2) is 11.8. The van der Waals surface area contributed by atoms with E-state index < -0.39 is 6.09 Å². The molecule has 208 valence electrons. The summed E-state index contributed by atoms with van der Waals surface area (Å²) >= 11 is 13.0. The van der Waals surface area contributed by atoms with Crippen LogP contribution in [0, 0.1) is 0 Å². The maximum absolute atomic E-state index is 11.0. The molecule has 0 aliphatic carbocycles. The normalized spacial score (nSPS) is 11.8. The number of amides is 1. The maximum atomic E-state index is 11.0. The van der Waals surface area contributed by atoms with E-state index >= 15 is 0 Å². The van der Waals surface area contributed by atoms with Crippen molar-refractivity contribution in [2.45, 2.75) is 12.3 Å². The van der Waals surface area contributed by atoms with Gasteiger partial charge in [0.25, 0.3) is 0 Å². The van der Waals surface area contributed by atoms with Crippen LogP contribution in [0.1, 0.15) is 23.0 Å². The van der Waals surface area contributed by atoms with Crippen LogP contribution in [0.15, 0.2) is 97.5 Å². The Kier molecular flexibility index (Phi) is 7.63. The Labute approximate surface area is 250 Å². The second-order valence-electron chi connectivity index (χ2n) is 9.42. The zero-order valence-electron chi connectivity index (χ0n) is 21.8. The highest BCUT2D eigenvalue weighted by Gasteiger charge is 2.23. The van der Waals surface area contributed by atoms with Crippen LogP contribution in [0.3, 0.4) is 0 Å². The molecule has 0 radical (unpaired) electrons. The lowest BCUT2D eigenvalue weighted by atomic mass is 9.94. The standard InChI is InChI=1S/C30H22Cl2N8O2/c31-21-9-13-26(40-17-34-38-39-40)23(15-21)20-8-12-25(33-16-20)24(14-18-4-2-1-3-5-18)29-36-27(28(32)37-29)19-6-10-22(11-7-19)35-30(41)42/h1-13,15-17,24,35H,14H2,(H,36,37)(H,41,42). The molecule has 0 fully saturated rings. The van der Waals surface area contributed by atoms with E-state index in [1.54, 1.807) is 41.2 Å². The number of H-pyrrole nitrogens is 1. The summed E-state index contributed by atoms with van der Waals surface area (Å²) in [4.78, 5) is 23.9. The molecule has 0 spiro atoms. The number of carboxylic acid groups (broad SMARTS) is 1. The minimum atomic E-state index is -1.13. The summed E-state index contributed by atoms with van der Waals surface area (Å²) in [6.07, 6.45) is 2.82. The van der Waals surface area contributed by atoms with Crippen molar-refractivity contribution in [3.63, 3.8) is 0 Å². The van der Waals surface area contributed by atoms with Crippen molar-refractivity contribution in [2.24, 2.45) is 0 Å². The molecule has 42 heavy (non-hydrogen) atoms. The number of carbonyl (C=O) groups is 1. The topological polar surface area (TPSA) is 134 Å². The third-order valence-corrected chi connectivity index (χ3v) is 7.22. The highest BCUT2D eigenvalue weighted by Crippen LogP contribution is 2.34. The molecule has 0 aliphatic heterocycles. The van der Waals surface area contributed by atoms with Crippen LogP contribution in [0.4, 0.5) is 10.5 Å². The fourth-order valence-electron chi connectivity index (χ4n) is 4.73. The van der Waals surface area contributed by atoms with E-state index in [2.05, 4.69) is 38.0 Å². The zero-order valence-corrected chi connectivity index (χ0v) is 23.3. The lowest BCUT2D eigenvalue weighted by Gasteiger charge is -2.16. The van der Waals surface area contributed by atoms with Gasteiger partial charge < -0.3 is 10.1 Å². The highest BCUT2D eigenvalue weighted by atomic mass is 35.5. The molecule has 1 amide bonds. The van der Waals surface area contributed by atoms with Crippen LogP contribution in [-0.2, 0) is 6.42 Å². The van der Waals surface area contributed by atoms with E-state index in [4.69, 9.17) is 38.3 Å². The van der Waals surface area contributed by atoms with Gasteiger partial charge in [-0.25, -0.2) is 9.78 Å². The van der Waals surface area contributed by atoms with E-state index in [1.807, 2.05) is 42.5 Å². The van der Waals surface area contributed by atoms with Crippen molar-refractivity contribution in [1.29, 1.82) is 0 Å². The van der Waals surface area contributed by atoms with Crippen molar-refractivity contribution in [3.8, 4) is 28.1 Å². The first-order valence-electron chi connectivity index (χ1n) is 12.8. The van der Waals surface area contributed by atoms with Crippen LogP contribution in [-0.4, -0.2) is 46.4 Å². The number of benzene rings is 3. The third kappa shape index (κ3) is 5.85. The lowest BCUT2D eigenvalue weighted by Crippen LogP contribution is -2.09. The van der Waals surface area contributed by atoms with Crippen LogP contribution in [0.25, 0.3) is 28.1 Å². The average molecular weight is 597 g/mol. The number of hydrogen-bond donors (Lipinski definition) is 3. The van der Waals surface area contributed by atoms with Crippen molar-refractivity contribution < 1.29 is 9.90 Å². The molecule has 3 N–H and O–H groups in total. The van der Waals surface area contributed by atoms with Gasteiger partial charge in [0.15, 0.2) is 0 Å². The predicted molar refractivity (Wildman–Crippen MR) is 160 cm³/mol. The number of hydrogen-bond acceptors (Lipinski definition) is 6. The highest BCUT2D eigenvalue weighted by molar-refractivity contribution is 6.32. The molecule has 0 saturated carbocycles. The minimum absolute atomic E-state index is 0.237. The smallest absolute Gasteiger partial charge is 0.409 e. The van der Waals surface area contributed by atoms with Gasteiger partial charge in [-0.1, -0.05) is 71.7 Å². The Hall–Kier alpha value is -5.06. The first-order chi connectivity index (χ1) is 20.4. The van der Waals surface area contributed by atoms with E-state index in [0.717, 1.165) is 33.6 Å². The number of halogens is 2. The molecule has 0 bridgehead atoms. The summed E-state index contributed by atoms with van der Waals surface area (Å²) in [5.41, 5.74) is 6.12. The van der Waals surface area contributed by atoms with Crippen molar-refractivity contribution >= 4 is 35.0 Å². The minimum Gasteiger partial charge on any atom is -0.465 e. The summed E-state index contributed by atoms with van der Waals surface area (Å²) in [6, 6.07) is 26.4. The van der Waals surface area contributed by atoms with Crippen molar-refractivity contribution in [3.05, 3.63) is 125 Å². The van der Waals surface area contributed by atoms with Gasteiger partial charge in [0.05, 0.1) is 17.3 Å². The number of anilines is 1. The van der Waals surface area contributed by atoms with E-state index in [9.17, 15) is 4.79 Å². The van der Waals surface area contributed by atoms with E-state index in [-0.39, 0.29) is 5.92 Å². The molecule has 0 saturated heterocycles. The van der Waals surface area contributed by atoms with Gasteiger partial charge in [-0.2, -0.15) is 4.68 Å². The molecule has 0 aliphatic rings. The van der Waals surface area contributed by atoms with Crippen molar-refractivity contribution in [1.82, 2.24) is 35.2 Å². The first kappa shape index (κ1) is 27.1. The van der Waals surface area contributed by atoms with Gasteiger partial charge in [-0.15, -0.1) is 5.10 Å². The largest absolute Gasteiger partial charge is 0.465 e. The van der Waals surface area contributed by atoms with Crippen LogP contribution >= 0.6 is 23.2 Å². The second-order valence-corrected chi connectivity index (χ2v) is 10.2. The molecule has 1 unspecified atom stereocenters. The number of rotatable bonds is 8. The molecule has 6 aromatic rings. The molecule has 12 heteroatoms. The lowest BCUT2D eigenvalue weighted by molar-refractivity contribution is 0.209. The Morgan fingerprint density at radius 3 is 2.45 bits per heavy atom. The Bertz CT molecular complexity index is 1820. The fraction of sp³-hybridized carbons (Fsp3) is 0.0667. The number of pyridine rings is 1. The summed E-state index contributed by atoms with van der Waals surface area (Å²) in [5, 5.41) is 23.8.